The Morgan fingerprint density at radius 2 is 1.83 bits per heavy atom. The van der Waals surface area contributed by atoms with Gasteiger partial charge in [-0.25, -0.2) is 0 Å². The highest BCUT2D eigenvalue weighted by Crippen LogP contribution is 2.29. The van der Waals surface area contributed by atoms with Crippen molar-refractivity contribution in [1.82, 2.24) is 0 Å². The average Bonchev–Trinajstić information content (AvgIpc) is 2.56. The fourth-order valence-electron chi connectivity index (χ4n) is 1.91. The third-order valence-corrected chi connectivity index (χ3v) is 3.85. The molecule has 1 amide bonds. The summed E-state index contributed by atoms with van der Waals surface area (Å²) in [5.41, 5.74) is 2.12. The molecule has 2 rings (SSSR count). The Hall–Kier alpha value is -2.17. The molecule has 126 valence electrons. The lowest BCUT2D eigenvalue weighted by Crippen LogP contribution is -2.22. The van der Waals surface area contributed by atoms with Gasteiger partial charge < -0.3 is 15.4 Å². The first-order chi connectivity index (χ1) is 11.5. The van der Waals surface area contributed by atoms with Crippen LogP contribution in [0, 0.1) is 0 Å². The van der Waals surface area contributed by atoms with Crippen LogP contribution in [-0.4, -0.2) is 19.1 Å². The summed E-state index contributed by atoms with van der Waals surface area (Å²) in [6.45, 7) is 6.18. The number of halogens is 2. The van der Waals surface area contributed by atoms with Crippen LogP contribution in [-0.2, 0) is 4.79 Å². The molecule has 2 aromatic carbocycles. The Morgan fingerprint density at radius 1 is 1.12 bits per heavy atom. The van der Waals surface area contributed by atoms with Gasteiger partial charge in [-0.1, -0.05) is 48.0 Å². The van der Waals surface area contributed by atoms with E-state index in [4.69, 9.17) is 27.9 Å². The Balaban J connectivity index is 1.97. The third-order valence-electron chi connectivity index (χ3n) is 3.03. The first-order valence-electron chi connectivity index (χ1n) is 7.31. The fourth-order valence-corrected chi connectivity index (χ4v) is 2.26. The Kier molecular flexibility index (Phi) is 6.53. The molecule has 0 aliphatic heterocycles. The van der Waals surface area contributed by atoms with Crippen LogP contribution in [0.3, 0.4) is 0 Å². The number of carbonyl (C=O) groups is 1. The van der Waals surface area contributed by atoms with Crippen LogP contribution in [0.25, 0.3) is 0 Å². The van der Waals surface area contributed by atoms with Crippen molar-refractivity contribution in [1.29, 1.82) is 0 Å². The summed E-state index contributed by atoms with van der Waals surface area (Å²) in [6.07, 6.45) is 0. The predicted molar refractivity (Wildman–Crippen MR) is 100 cm³/mol. The van der Waals surface area contributed by atoms with Crippen molar-refractivity contribution in [3.63, 3.8) is 0 Å². The van der Waals surface area contributed by atoms with Crippen molar-refractivity contribution in [2.45, 2.75) is 6.92 Å². The van der Waals surface area contributed by atoms with Gasteiger partial charge in [0.15, 0.2) is 0 Å². The number of anilines is 2. The molecule has 0 unspecified atom stereocenters. The van der Waals surface area contributed by atoms with Crippen LogP contribution in [0.15, 0.2) is 54.6 Å². The van der Waals surface area contributed by atoms with E-state index >= 15 is 0 Å². The summed E-state index contributed by atoms with van der Waals surface area (Å²) in [7, 11) is 0. The molecule has 24 heavy (non-hydrogen) atoms. The molecule has 0 saturated heterocycles. The van der Waals surface area contributed by atoms with Crippen molar-refractivity contribution in [2.75, 3.05) is 23.8 Å². The SMILES string of the molecule is C=C(C)COc1ccccc1NCC(=O)Nc1cccc(Cl)c1Cl. The monoisotopic (exact) mass is 364 g/mol. The van der Waals surface area contributed by atoms with Gasteiger partial charge in [-0.15, -0.1) is 0 Å². The van der Waals surface area contributed by atoms with Crippen molar-refractivity contribution in [3.05, 3.63) is 64.7 Å². The molecule has 0 bridgehead atoms. The second-order valence-electron chi connectivity index (χ2n) is 5.25. The molecule has 6 heteroatoms. The zero-order chi connectivity index (χ0) is 17.5. The van der Waals surface area contributed by atoms with Crippen molar-refractivity contribution in [3.8, 4) is 5.75 Å². The zero-order valence-electron chi connectivity index (χ0n) is 13.2. The van der Waals surface area contributed by atoms with E-state index < -0.39 is 0 Å². The van der Waals surface area contributed by atoms with Crippen molar-refractivity contribution >= 4 is 40.5 Å². The lowest BCUT2D eigenvalue weighted by molar-refractivity contribution is -0.114. The summed E-state index contributed by atoms with van der Waals surface area (Å²) in [5.74, 6) is 0.419. The maximum Gasteiger partial charge on any atom is 0.243 e. The van der Waals surface area contributed by atoms with Gasteiger partial charge >= 0.3 is 0 Å². The number of nitrogens with one attached hydrogen (secondary N) is 2. The summed E-state index contributed by atoms with van der Waals surface area (Å²) in [6, 6.07) is 12.5. The molecule has 0 heterocycles. The molecular formula is C18H18Cl2N2O2. The first kappa shape index (κ1) is 18.2. The van der Waals surface area contributed by atoms with Gasteiger partial charge in [-0.2, -0.15) is 0 Å². The lowest BCUT2D eigenvalue weighted by atomic mass is 10.3. The van der Waals surface area contributed by atoms with Gasteiger partial charge in [0, 0.05) is 0 Å². The number of rotatable bonds is 7. The highest BCUT2D eigenvalue weighted by Gasteiger charge is 2.09. The van der Waals surface area contributed by atoms with Crippen LogP contribution < -0.4 is 15.4 Å². The van der Waals surface area contributed by atoms with E-state index in [0.717, 1.165) is 11.3 Å². The smallest absolute Gasteiger partial charge is 0.243 e. The number of benzene rings is 2. The Labute approximate surface area is 151 Å². The summed E-state index contributed by atoms with van der Waals surface area (Å²) in [4.78, 5) is 12.1. The van der Waals surface area contributed by atoms with E-state index in [9.17, 15) is 4.79 Å². The van der Waals surface area contributed by atoms with Gasteiger partial charge in [-0.05, 0) is 36.8 Å². The molecule has 0 spiro atoms. The second kappa shape index (κ2) is 8.62. The molecule has 0 aliphatic rings. The molecule has 0 aliphatic carbocycles. The third kappa shape index (κ3) is 5.18. The van der Waals surface area contributed by atoms with Crippen LogP contribution in [0.4, 0.5) is 11.4 Å². The molecule has 0 saturated carbocycles. The summed E-state index contributed by atoms with van der Waals surface area (Å²) in [5, 5.41) is 6.47. The number of hydrogen-bond acceptors (Lipinski definition) is 3. The van der Waals surface area contributed by atoms with E-state index in [-0.39, 0.29) is 12.5 Å². The predicted octanol–water partition coefficient (Wildman–Crippen LogP) is 5.00. The molecule has 2 aromatic rings. The number of para-hydroxylation sites is 2. The highest BCUT2D eigenvalue weighted by molar-refractivity contribution is 6.44. The van der Waals surface area contributed by atoms with E-state index in [1.165, 1.54) is 0 Å². The quantitative estimate of drug-likeness (QED) is 0.679. The maximum atomic E-state index is 12.1. The van der Waals surface area contributed by atoms with Gasteiger partial charge in [-0.3, -0.25) is 4.79 Å². The largest absolute Gasteiger partial charge is 0.487 e. The number of hydrogen-bond donors (Lipinski definition) is 2. The van der Waals surface area contributed by atoms with E-state index in [1.54, 1.807) is 18.2 Å². The zero-order valence-corrected chi connectivity index (χ0v) is 14.7. The molecule has 0 aromatic heterocycles. The molecule has 0 fully saturated rings. The lowest BCUT2D eigenvalue weighted by Gasteiger charge is -2.13. The van der Waals surface area contributed by atoms with Gasteiger partial charge in [0.2, 0.25) is 5.91 Å². The van der Waals surface area contributed by atoms with Crippen molar-refractivity contribution < 1.29 is 9.53 Å². The van der Waals surface area contributed by atoms with Gasteiger partial charge in [0.25, 0.3) is 0 Å². The van der Waals surface area contributed by atoms with Crippen LogP contribution >= 0.6 is 23.2 Å². The Morgan fingerprint density at radius 3 is 2.58 bits per heavy atom. The Bertz CT molecular complexity index is 748. The summed E-state index contributed by atoms with van der Waals surface area (Å²) >= 11 is 12.0. The standard InChI is InChI=1S/C18H18Cl2N2O2/c1-12(2)11-24-16-9-4-3-7-14(16)21-10-17(23)22-15-8-5-6-13(19)18(15)20/h3-9,21H,1,10-11H2,2H3,(H,22,23). The summed E-state index contributed by atoms with van der Waals surface area (Å²) < 4.78 is 5.65. The first-order valence-corrected chi connectivity index (χ1v) is 8.07. The van der Waals surface area contributed by atoms with Gasteiger partial charge in [0.1, 0.15) is 12.4 Å². The van der Waals surface area contributed by atoms with Crippen LogP contribution in [0.5, 0.6) is 5.75 Å². The fraction of sp³-hybridized carbons (Fsp3) is 0.167. The van der Waals surface area contributed by atoms with Crippen LogP contribution in [0.2, 0.25) is 10.0 Å². The molecule has 0 radical (unpaired) electrons. The minimum Gasteiger partial charge on any atom is -0.487 e. The van der Waals surface area contributed by atoms with E-state index in [0.29, 0.717) is 28.1 Å². The van der Waals surface area contributed by atoms with Gasteiger partial charge in [0.05, 0.1) is 28.0 Å². The minimum atomic E-state index is -0.242. The van der Waals surface area contributed by atoms with E-state index in [2.05, 4.69) is 17.2 Å². The molecule has 0 atom stereocenters. The highest BCUT2D eigenvalue weighted by atomic mass is 35.5. The normalized spacial score (nSPS) is 10.1. The minimum absolute atomic E-state index is 0.0658. The number of ether oxygens (including phenoxy) is 1. The topological polar surface area (TPSA) is 50.4 Å². The molecule has 2 N–H and O–H groups in total. The second-order valence-corrected chi connectivity index (χ2v) is 6.03. The van der Waals surface area contributed by atoms with E-state index in [1.807, 2.05) is 31.2 Å². The molecule has 4 nitrogen and oxygen atoms in total. The number of carbonyl (C=O) groups excluding carboxylic acids is 1. The maximum absolute atomic E-state index is 12.1. The molecular weight excluding hydrogens is 347 g/mol. The number of amides is 1. The van der Waals surface area contributed by atoms with Crippen molar-refractivity contribution in [2.24, 2.45) is 0 Å². The van der Waals surface area contributed by atoms with Crippen LogP contribution in [0.1, 0.15) is 6.92 Å². The average molecular weight is 365 g/mol.